The van der Waals surface area contributed by atoms with E-state index in [0.717, 1.165) is 11.1 Å². The van der Waals surface area contributed by atoms with Gasteiger partial charge in [0.15, 0.2) is 11.5 Å². The van der Waals surface area contributed by atoms with E-state index in [1.165, 1.54) is 25.3 Å². The molecule has 4 nitrogen and oxygen atoms in total. The fourth-order valence-electron chi connectivity index (χ4n) is 2.40. The number of halogens is 3. The molecule has 0 saturated heterocycles. The molecule has 2 aromatic carbocycles. The van der Waals surface area contributed by atoms with Crippen LogP contribution in [0.3, 0.4) is 0 Å². The fraction of sp³-hybridized carbons (Fsp3) is 0.316. The number of rotatable bonds is 9. The van der Waals surface area contributed by atoms with E-state index in [4.69, 9.17) is 4.74 Å². The van der Waals surface area contributed by atoms with Gasteiger partial charge in [0, 0.05) is 13.0 Å². The monoisotopic (exact) mass is 367 g/mol. The standard InChI is InChI=1S/C19H20F3NO3/c1-25-17-12-14(4-8-16(17)26-19(21)22)10-11-23-18(24)9-5-13-2-6-15(20)7-3-13/h2-4,6-8,12,19H,5,9-11H2,1H3,(H,23,24). The van der Waals surface area contributed by atoms with E-state index in [9.17, 15) is 18.0 Å². The molecule has 140 valence electrons. The molecule has 0 aliphatic rings. The van der Waals surface area contributed by atoms with E-state index in [1.54, 1.807) is 24.3 Å². The summed E-state index contributed by atoms with van der Waals surface area (Å²) in [5, 5.41) is 2.79. The minimum Gasteiger partial charge on any atom is -0.493 e. The number of carbonyl (C=O) groups excluding carboxylic acids is 1. The van der Waals surface area contributed by atoms with Crippen LogP contribution in [0.5, 0.6) is 11.5 Å². The van der Waals surface area contributed by atoms with Gasteiger partial charge < -0.3 is 14.8 Å². The molecule has 0 aliphatic heterocycles. The SMILES string of the molecule is COc1cc(CCNC(=O)CCc2ccc(F)cc2)ccc1OC(F)F. The number of methoxy groups -OCH3 is 1. The Hall–Kier alpha value is -2.70. The van der Waals surface area contributed by atoms with Crippen LogP contribution in [0.1, 0.15) is 17.5 Å². The zero-order valence-corrected chi connectivity index (χ0v) is 14.3. The van der Waals surface area contributed by atoms with Gasteiger partial charge in [0.1, 0.15) is 5.82 Å². The molecule has 1 amide bonds. The third kappa shape index (κ3) is 6.31. The average molecular weight is 367 g/mol. The van der Waals surface area contributed by atoms with E-state index in [0.29, 0.717) is 25.8 Å². The lowest BCUT2D eigenvalue weighted by Gasteiger charge is -2.11. The van der Waals surface area contributed by atoms with E-state index < -0.39 is 6.61 Å². The second-order valence-corrected chi connectivity index (χ2v) is 5.59. The van der Waals surface area contributed by atoms with E-state index in [-0.39, 0.29) is 23.2 Å². The molecule has 0 spiro atoms. The van der Waals surface area contributed by atoms with Gasteiger partial charge in [-0.05, 0) is 48.2 Å². The van der Waals surface area contributed by atoms with Crippen molar-refractivity contribution in [3.05, 3.63) is 59.4 Å². The maximum absolute atomic E-state index is 12.8. The first kappa shape index (κ1) is 19.6. The Kier molecular flexibility index (Phi) is 7.32. The number of aryl methyl sites for hydroxylation is 1. The van der Waals surface area contributed by atoms with E-state index >= 15 is 0 Å². The minimum atomic E-state index is -2.92. The molecule has 0 bridgehead atoms. The van der Waals surface area contributed by atoms with Crippen LogP contribution in [0.4, 0.5) is 13.2 Å². The van der Waals surface area contributed by atoms with Gasteiger partial charge in [-0.1, -0.05) is 18.2 Å². The van der Waals surface area contributed by atoms with Crippen molar-refractivity contribution in [1.29, 1.82) is 0 Å². The molecule has 1 N–H and O–H groups in total. The number of hydrogen-bond acceptors (Lipinski definition) is 3. The molecule has 0 aromatic heterocycles. The normalized spacial score (nSPS) is 10.7. The maximum Gasteiger partial charge on any atom is 0.387 e. The van der Waals surface area contributed by atoms with Crippen LogP contribution in [-0.2, 0) is 17.6 Å². The summed E-state index contributed by atoms with van der Waals surface area (Å²) in [7, 11) is 1.37. The van der Waals surface area contributed by atoms with Gasteiger partial charge in [0.25, 0.3) is 0 Å². The van der Waals surface area contributed by atoms with Crippen LogP contribution in [0, 0.1) is 5.82 Å². The van der Waals surface area contributed by atoms with Crippen LogP contribution in [-0.4, -0.2) is 26.2 Å². The lowest BCUT2D eigenvalue weighted by molar-refractivity contribution is -0.121. The van der Waals surface area contributed by atoms with Crippen molar-refractivity contribution < 1.29 is 27.4 Å². The third-order valence-corrected chi connectivity index (χ3v) is 3.73. The lowest BCUT2D eigenvalue weighted by atomic mass is 10.1. The predicted octanol–water partition coefficient (Wildman–Crippen LogP) is 3.73. The summed E-state index contributed by atoms with van der Waals surface area (Å²) in [5.41, 5.74) is 1.71. The van der Waals surface area contributed by atoms with E-state index in [2.05, 4.69) is 10.1 Å². The van der Waals surface area contributed by atoms with Gasteiger partial charge >= 0.3 is 6.61 Å². The van der Waals surface area contributed by atoms with Crippen molar-refractivity contribution in [3.63, 3.8) is 0 Å². The first-order valence-electron chi connectivity index (χ1n) is 8.11. The van der Waals surface area contributed by atoms with Crippen LogP contribution >= 0.6 is 0 Å². The Morgan fingerprint density at radius 3 is 2.38 bits per heavy atom. The highest BCUT2D eigenvalue weighted by molar-refractivity contribution is 5.76. The van der Waals surface area contributed by atoms with Gasteiger partial charge in [-0.3, -0.25) is 4.79 Å². The number of nitrogens with one attached hydrogen (secondary N) is 1. The van der Waals surface area contributed by atoms with Gasteiger partial charge in [-0.2, -0.15) is 8.78 Å². The molecule has 0 unspecified atom stereocenters. The first-order valence-corrected chi connectivity index (χ1v) is 8.11. The Balaban J connectivity index is 1.77. The molecule has 0 atom stereocenters. The first-order chi connectivity index (χ1) is 12.5. The molecule has 2 aromatic rings. The number of alkyl halides is 2. The molecule has 7 heteroatoms. The number of ether oxygens (including phenoxy) is 2. The molecule has 0 radical (unpaired) electrons. The summed E-state index contributed by atoms with van der Waals surface area (Å²) in [5.74, 6) is -0.238. The molecule has 2 rings (SSSR count). The minimum absolute atomic E-state index is 0.0328. The summed E-state index contributed by atoms with van der Waals surface area (Å²) in [4.78, 5) is 11.9. The summed E-state index contributed by atoms with van der Waals surface area (Å²) in [6, 6.07) is 10.7. The quantitative estimate of drug-likeness (QED) is 0.735. The largest absolute Gasteiger partial charge is 0.493 e. The average Bonchev–Trinajstić information content (AvgIpc) is 2.62. The van der Waals surface area contributed by atoms with Crippen molar-refractivity contribution >= 4 is 5.91 Å². The van der Waals surface area contributed by atoms with Gasteiger partial charge in [0.05, 0.1) is 7.11 Å². The summed E-state index contributed by atoms with van der Waals surface area (Å²) in [6.07, 6.45) is 1.35. The summed E-state index contributed by atoms with van der Waals surface area (Å²) in [6.45, 7) is -2.52. The topological polar surface area (TPSA) is 47.6 Å². The molecular weight excluding hydrogens is 347 g/mol. The second-order valence-electron chi connectivity index (χ2n) is 5.59. The van der Waals surface area contributed by atoms with Crippen LogP contribution in [0.2, 0.25) is 0 Å². The molecule has 0 aliphatic carbocycles. The number of hydrogen-bond donors (Lipinski definition) is 1. The lowest BCUT2D eigenvalue weighted by Crippen LogP contribution is -2.25. The van der Waals surface area contributed by atoms with Crippen molar-refractivity contribution in [2.24, 2.45) is 0 Å². The Bertz CT molecular complexity index is 720. The highest BCUT2D eigenvalue weighted by Gasteiger charge is 2.11. The molecule has 0 fully saturated rings. The van der Waals surface area contributed by atoms with Crippen molar-refractivity contribution in [2.75, 3.05) is 13.7 Å². The van der Waals surface area contributed by atoms with Crippen molar-refractivity contribution in [3.8, 4) is 11.5 Å². The highest BCUT2D eigenvalue weighted by Crippen LogP contribution is 2.29. The predicted molar refractivity (Wildman–Crippen MR) is 91.1 cm³/mol. The summed E-state index contributed by atoms with van der Waals surface area (Å²) >= 11 is 0. The molecule has 26 heavy (non-hydrogen) atoms. The highest BCUT2D eigenvalue weighted by atomic mass is 19.3. The zero-order chi connectivity index (χ0) is 18.9. The molecular formula is C19H20F3NO3. The fourth-order valence-corrected chi connectivity index (χ4v) is 2.40. The molecule has 0 heterocycles. The van der Waals surface area contributed by atoms with Crippen LogP contribution in [0.25, 0.3) is 0 Å². The van der Waals surface area contributed by atoms with E-state index in [1.807, 2.05) is 0 Å². The zero-order valence-electron chi connectivity index (χ0n) is 14.3. The maximum atomic E-state index is 12.8. The molecule has 0 saturated carbocycles. The van der Waals surface area contributed by atoms with Gasteiger partial charge in [-0.25, -0.2) is 4.39 Å². The Labute approximate surface area is 149 Å². The Morgan fingerprint density at radius 2 is 1.73 bits per heavy atom. The number of amides is 1. The van der Waals surface area contributed by atoms with Gasteiger partial charge in [-0.15, -0.1) is 0 Å². The van der Waals surface area contributed by atoms with Crippen molar-refractivity contribution in [1.82, 2.24) is 5.32 Å². The third-order valence-electron chi connectivity index (χ3n) is 3.73. The summed E-state index contributed by atoms with van der Waals surface area (Å²) < 4.78 is 46.8. The Morgan fingerprint density at radius 1 is 1.04 bits per heavy atom. The number of carbonyl (C=O) groups is 1. The van der Waals surface area contributed by atoms with Crippen molar-refractivity contribution in [2.45, 2.75) is 25.9 Å². The van der Waals surface area contributed by atoms with Crippen LogP contribution < -0.4 is 14.8 Å². The van der Waals surface area contributed by atoms with Crippen LogP contribution in [0.15, 0.2) is 42.5 Å². The smallest absolute Gasteiger partial charge is 0.387 e. The second kappa shape index (κ2) is 9.70. The number of benzene rings is 2. The van der Waals surface area contributed by atoms with Gasteiger partial charge in [0.2, 0.25) is 5.91 Å².